The van der Waals surface area contributed by atoms with Gasteiger partial charge in [-0.1, -0.05) is 25.0 Å². The van der Waals surface area contributed by atoms with E-state index in [0.717, 1.165) is 35.2 Å². The van der Waals surface area contributed by atoms with E-state index in [1.165, 1.54) is 6.07 Å². The van der Waals surface area contributed by atoms with Gasteiger partial charge in [-0.15, -0.1) is 6.42 Å². The number of para-hydroxylation sites is 1. The molecule has 1 aliphatic heterocycles. The van der Waals surface area contributed by atoms with Crippen LogP contribution < -0.4 is 5.32 Å². The summed E-state index contributed by atoms with van der Waals surface area (Å²) < 4.78 is 18.8. The summed E-state index contributed by atoms with van der Waals surface area (Å²) in [6.45, 7) is 3.20. The minimum Gasteiger partial charge on any atom is -0.381 e. The molecule has 4 aromatic rings. The van der Waals surface area contributed by atoms with Gasteiger partial charge in [0, 0.05) is 11.9 Å². The van der Waals surface area contributed by atoms with E-state index in [0.29, 0.717) is 11.3 Å². The van der Waals surface area contributed by atoms with Crippen molar-refractivity contribution in [2.45, 2.75) is 25.9 Å². The van der Waals surface area contributed by atoms with Crippen LogP contribution in [0.3, 0.4) is 0 Å². The lowest BCUT2D eigenvalue weighted by atomic mass is 10.1. The van der Waals surface area contributed by atoms with Crippen molar-refractivity contribution in [1.82, 2.24) is 14.1 Å². The van der Waals surface area contributed by atoms with Gasteiger partial charge in [0.15, 0.2) is 11.6 Å². The molecule has 142 valence electrons. The maximum absolute atomic E-state index is 14.7. The van der Waals surface area contributed by atoms with E-state index in [4.69, 9.17) is 6.42 Å². The minimum absolute atomic E-state index is 0.231. The summed E-state index contributed by atoms with van der Waals surface area (Å²) >= 11 is 0. The van der Waals surface area contributed by atoms with Crippen LogP contribution in [0.15, 0.2) is 36.4 Å². The lowest BCUT2D eigenvalue weighted by Gasteiger charge is -2.28. The zero-order valence-corrected chi connectivity index (χ0v) is 15.9. The highest BCUT2D eigenvalue weighted by atomic mass is 19.1. The molecule has 1 N–H and O–H groups in total. The predicted molar refractivity (Wildman–Crippen MR) is 112 cm³/mol. The van der Waals surface area contributed by atoms with E-state index in [-0.39, 0.29) is 23.7 Å². The van der Waals surface area contributed by atoms with Crippen molar-refractivity contribution < 1.29 is 4.39 Å². The second kappa shape index (κ2) is 6.39. The molecule has 0 amide bonds. The number of benzene rings is 2. The molecule has 6 heteroatoms. The van der Waals surface area contributed by atoms with Crippen LogP contribution >= 0.6 is 0 Å². The van der Waals surface area contributed by atoms with E-state index >= 15 is 0 Å². The van der Waals surface area contributed by atoms with Crippen molar-refractivity contribution in [1.29, 1.82) is 5.26 Å². The first-order chi connectivity index (χ1) is 14.2. The number of imidazole rings is 1. The third kappa shape index (κ3) is 2.43. The third-order valence-electron chi connectivity index (χ3n) is 5.64. The number of anilines is 1. The van der Waals surface area contributed by atoms with Gasteiger partial charge in [-0.05, 0) is 30.7 Å². The Kier molecular flexibility index (Phi) is 3.82. The predicted octanol–water partition coefficient (Wildman–Crippen LogP) is 4.68. The number of nitrogens with one attached hydrogen (secondary N) is 1. The molecular formula is C23H18FN5. The van der Waals surface area contributed by atoms with Crippen LogP contribution in [-0.2, 0) is 6.54 Å². The molecule has 1 aliphatic rings. The van der Waals surface area contributed by atoms with Crippen molar-refractivity contribution in [3.8, 4) is 29.9 Å². The lowest BCUT2D eigenvalue weighted by molar-refractivity contribution is 0.518. The number of nitrogens with zero attached hydrogens (tertiary/aromatic N) is 4. The van der Waals surface area contributed by atoms with E-state index in [1.807, 2.05) is 16.7 Å². The Balaban J connectivity index is 1.88. The van der Waals surface area contributed by atoms with Gasteiger partial charge in [-0.2, -0.15) is 5.26 Å². The molecule has 29 heavy (non-hydrogen) atoms. The number of terminal acetylenes is 1. The molecule has 1 unspecified atom stereocenters. The fraction of sp³-hybridized carbons (Fsp3) is 0.217. The Morgan fingerprint density at radius 1 is 1.34 bits per heavy atom. The number of halogens is 1. The van der Waals surface area contributed by atoms with Crippen molar-refractivity contribution >= 4 is 27.6 Å². The fourth-order valence-corrected chi connectivity index (χ4v) is 4.32. The highest BCUT2D eigenvalue weighted by Gasteiger charge is 2.27. The molecule has 5 nitrogen and oxygen atoms in total. The summed E-state index contributed by atoms with van der Waals surface area (Å²) in [6, 6.07) is 13.4. The smallest absolute Gasteiger partial charge is 0.158 e. The van der Waals surface area contributed by atoms with Gasteiger partial charge in [0.1, 0.15) is 5.52 Å². The maximum Gasteiger partial charge on any atom is 0.158 e. The second-order valence-electron chi connectivity index (χ2n) is 7.25. The van der Waals surface area contributed by atoms with Gasteiger partial charge in [0.25, 0.3) is 0 Å². The molecule has 3 heterocycles. The number of nitriles is 1. The van der Waals surface area contributed by atoms with Gasteiger partial charge < -0.3 is 14.5 Å². The largest absolute Gasteiger partial charge is 0.381 e. The van der Waals surface area contributed by atoms with Crippen molar-refractivity contribution in [2.24, 2.45) is 0 Å². The van der Waals surface area contributed by atoms with Gasteiger partial charge in [0.05, 0.1) is 46.6 Å². The van der Waals surface area contributed by atoms with E-state index in [2.05, 4.69) is 45.9 Å². The van der Waals surface area contributed by atoms with Crippen LogP contribution in [0.25, 0.3) is 33.5 Å². The molecule has 0 spiro atoms. The normalized spacial score (nSPS) is 15.2. The Morgan fingerprint density at radius 2 is 2.21 bits per heavy atom. The fourth-order valence-electron chi connectivity index (χ4n) is 4.32. The Hall–Kier alpha value is -3.77. The average molecular weight is 383 g/mol. The summed E-state index contributed by atoms with van der Waals surface area (Å²) in [5.41, 5.74) is 4.13. The van der Waals surface area contributed by atoms with Gasteiger partial charge >= 0.3 is 0 Å². The molecule has 2 aromatic heterocycles. The molecule has 0 aliphatic carbocycles. The minimum atomic E-state index is -0.514. The first-order valence-corrected chi connectivity index (χ1v) is 9.57. The number of fused-ring (bicyclic) bond motifs is 1. The highest BCUT2D eigenvalue weighted by molar-refractivity contribution is 5.97. The first kappa shape index (κ1) is 17.3. The van der Waals surface area contributed by atoms with Crippen LogP contribution in [0.2, 0.25) is 0 Å². The Bertz CT molecular complexity index is 1360. The molecular weight excluding hydrogens is 365 g/mol. The van der Waals surface area contributed by atoms with Gasteiger partial charge in [-0.25, -0.2) is 9.37 Å². The molecule has 0 radical (unpaired) electrons. The molecule has 0 bridgehead atoms. The second-order valence-corrected chi connectivity index (χ2v) is 7.25. The van der Waals surface area contributed by atoms with Crippen LogP contribution in [0, 0.1) is 29.5 Å². The topological polar surface area (TPSA) is 58.6 Å². The zero-order chi connectivity index (χ0) is 20.1. The van der Waals surface area contributed by atoms with Crippen LogP contribution in [0.4, 0.5) is 10.1 Å². The standard InChI is InChI=1S/C23H18FN5/c1-3-8-28-19-10-14(12-25)9-17(24)21(19)27-23(28)20-11-15-6-5-7-18-22(15)29(20)16(4-2)13-26-18/h1,5-7,9-11,16,26H,4,8,13H2,2H3. The molecule has 2 aromatic carbocycles. The first-order valence-electron chi connectivity index (χ1n) is 9.57. The summed E-state index contributed by atoms with van der Waals surface area (Å²) in [7, 11) is 0. The summed E-state index contributed by atoms with van der Waals surface area (Å²) in [5, 5.41) is 13.9. The number of hydrogen-bond donors (Lipinski definition) is 1. The number of rotatable bonds is 3. The maximum atomic E-state index is 14.7. The Labute approximate surface area is 167 Å². The summed E-state index contributed by atoms with van der Waals surface area (Å²) in [4.78, 5) is 4.64. The van der Waals surface area contributed by atoms with E-state index in [9.17, 15) is 9.65 Å². The average Bonchev–Trinajstić information content (AvgIpc) is 3.29. The van der Waals surface area contributed by atoms with Gasteiger partial charge in [0.2, 0.25) is 0 Å². The monoisotopic (exact) mass is 383 g/mol. The molecule has 0 saturated heterocycles. The van der Waals surface area contributed by atoms with E-state index < -0.39 is 5.82 Å². The molecule has 0 fully saturated rings. The molecule has 5 rings (SSSR count). The highest BCUT2D eigenvalue weighted by Crippen LogP contribution is 2.39. The van der Waals surface area contributed by atoms with Crippen LogP contribution in [0.1, 0.15) is 24.9 Å². The quantitative estimate of drug-likeness (QED) is 0.523. The number of hydrogen-bond acceptors (Lipinski definition) is 3. The summed E-state index contributed by atoms with van der Waals surface area (Å²) in [6.07, 6.45) is 6.57. The van der Waals surface area contributed by atoms with Crippen molar-refractivity contribution in [2.75, 3.05) is 11.9 Å². The van der Waals surface area contributed by atoms with Crippen molar-refractivity contribution in [3.63, 3.8) is 0 Å². The summed E-state index contributed by atoms with van der Waals surface area (Å²) in [5.74, 6) is 2.75. The van der Waals surface area contributed by atoms with Gasteiger partial charge in [-0.3, -0.25) is 0 Å². The van der Waals surface area contributed by atoms with E-state index in [1.54, 1.807) is 6.07 Å². The van der Waals surface area contributed by atoms with Crippen molar-refractivity contribution in [3.05, 3.63) is 47.8 Å². The number of aromatic nitrogens is 3. The SMILES string of the molecule is C#CCn1c(-c2cc3cccc4c3n2C(CC)CN4)nc2c(F)cc(C#N)cc21. The van der Waals surface area contributed by atoms with Crippen LogP contribution in [-0.4, -0.2) is 20.7 Å². The van der Waals surface area contributed by atoms with Crippen LogP contribution in [0.5, 0.6) is 0 Å². The zero-order valence-electron chi connectivity index (χ0n) is 15.9. The molecule has 1 atom stereocenters. The lowest BCUT2D eigenvalue weighted by Crippen LogP contribution is -2.24. The molecule has 0 saturated carbocycles. The third-order valence-corrected chi connectivity index (χ3v) is 5.64. The Morgan fingerprint density at radius 3 is 2.97 bits per heavy atom.